The molecule has 0 fully saturated rings. The fourth-order valence-corrected chi connectivity index (χ4v) is 4.97. The molecule has 1 aliphatic heterocycles. The van der Waals surface area contributed by atoms with Crippen LogP contribution in [0.3, 0.4) is 0 Å². The number of carboxylic acids is 1. The van der Waals surface area contributed by atoms with Crippen LogP contribution >= 0.6 is 0 Å². The normalized spacial score (nSPS) is 22.4. The van der Waals surface area contributed by atoms with Gasteiger partial charge in [0.2, 0.25) is 0 Å². The van der Waals surface area contributed by atoms with Crippen LogP contribution in [0.25, 0.3) is 11.6 Å². The Morgan fingerprint density at radius 1 is 1.24 bits per heavy atom. The highest BCUT2D eigenvalue weighted by atomic mass is 19.1. The van der Waals surface area contributed by atoms with E-state index in [0.717, 1.165) is 46.6 Å². The number of carboxylic acid groups (broad SMARTS) is 1. The molecule has 1 aliphatic carbocycles. The summed E-state index contributed by atoms with van der Waals surface area (Å²) in [6.45, 7) is 2.27. The molecule has 4 rings (SSSR count). The molecule has 2 N–H and O–H groups in total. The number of aliphatic carboxylic acids is 1. The average molecular weight is 457 g/mol. The monoisotopic (exact) mass is 457 g/mol. The third-order valence-electron chi connectivity index (χ3n) is 6.47. The Kier molecular flexibility index (Phi) is 6.20. The van der Waals surface area contributed by atoms with Crippen molar-refractivity contribution >= 4 is 17.6 Å². The van der Waals surface area contributed by atoms with Crippen molar-refractivity contribution in [2.75, 3.05) is 13.2 Å². The summed E-state index contributed by atoms with van der Waals surface area (Å²) in [6, 6.07) is 8.94. The molecule has 4 nitrogen and oxygen atoms in total. The van der Waals surface area contributed by atoms with Crippen LogP contribution < -0.4 is 0 Å². The largest absolute Gasteiger partial charge is 0.478 e. The van der Waals surface area contributed by atoms with Gasteiger partial charge in [-0.3, -0.25) is 4.90 Å². The zero-order chi connectivity index (χ0) is 23.9. The van der Waals surface area contributed by atoms with Gasteiger partial charge >= 0.3 is 5.97 Å². The summed E-state index contributed by atoms with van der Waals surface area (Å²) >= 11 is 0. The second-order valence-electron chi connectivity index (χ2n) is 9.11. The molecule has 0 saturated carbocycles. The highest BCUT2D eigenvalue weighted by Gasteiger charge is 2.43. The van der Waals surface area contributed by atoms with Crippen molar-refractivity contribution in [3.05, 3.63) is 81.9 Å². The van der Waals surface area contributed by atoms with Gasteiger partial charge in [0.15, 0.2) is 0 Å². The summed E-state index contributed by atoms with van der Waals surface area (Å²) < 4.78 is 45.8. The molecule has 0 radical (unpaired) electrons. The zero-order valence-corrected chi connectivity index (χ0v) is 18.5. The molecule has 174 valence electrons. The zero-order valence-electron chi connectivity index (χ0n) is 18.5. The Hall–Kier alpha value is -2.90. The van der Waals surface area contributed by atoms with Gasteiger partial charge in [-0.1, -0.05) is 24.3 Å². The van der Waals surface area contributed by atoms with E-state index in [4.69, 9.17) is 5.11 Å². The van der Waals surface area contributed by atoms with Crippen LogP contribution in [0.15, 0.2) is 48.0 Å². The van der Waals surface area contributed by atoms with Crippen molar-refractivity contribution in [2.45, 2.75) is 44.4 Å². The number of benzene rings is 2. The lowest BCUT2D eigenvalue weighted by molar-refractivity contribution is -0.131. The van der Waals surface area contributed by atoms with Crippen LogP contribution in [0.1, 0.15) is 48.6 Å². The summed E-state index contributed by atoms with van der Waals surface area (Å²) in [7, 11) is 0. The Bertz CT molecular complexity index is 1130. The van der Waals surface area contributed by atoms with Gasteiger partial charge in [0.25, 0.3) is 0 Å². The van der Waals surface area contributed by atoms with Crippen molar-refractivity contribution in [3.8, 4) is 0 Å². The maximum absolute atomic E-state index is 15.4. The second kappa shape index (κ2) is 8.80. The SMILES string of the molecule is C[C@@H]1CC2=C(Cc3ccccc32)[C@@H](c2c(F)cc(/C=C/C(=O)O)cc2F)N1CC(C)(F)CO. The maximum Gasteiger partial charge on any atom is 0.328 e. The van der Waals surface area contributed by atoms with E-state index in [2.05, 4.69) is 0 Å². The lowest BCUT2D eigenvalue weighted by atomic mass is 9.83. The van der Waals surface area contributed by atoms with E-state index in [1.54, 1.807) is 4.90 Å². The third kappa shape index (κ3) is 4.48. The van der Waals surface area contributed by atoms with Gasteiger partial charge in [-0.05, 0) is 72.7 Å². The molecule has 7 heteroatoms. The minimum absolute atomic E-state index is 0.0844. The number of hydrogen-bond donors (Lipinski definition) is 2. The highest BCUT2D eigenvalue weighted by molar-refractivity contribution is 5.85. The topological polar surface area (TPSA) is 60.8 Å². The van der Waals surface area contributed by atoms with Crippen LogP contribution in [0.2, 0.25) is 0 Å². The molecule has 1 unspecified atom stereocenters. The van der Waals surface area contributed by atoms with Gasteiger partial charge in [-0.15, -0.1) is 0 Å². The van der Waals surface area contributed by atoms with Gasteiger partial charge in [0.05, 0.1) is 12.6 Å². The minimum atomic E-state index is -1.95. The number of hydrogen-bond acceptors (Lipinski definition) is 3. The fraction of sp³-hybridized carbons (Fsp3) is 0.346. The molecule has 0 amide bonds. The molecule has 0 bridgehead atoms. The molecule has 1 heterocycles. The maximum atomic E-state index is 15.4. The van der Waals surface area contributed by atoms with E-state index < -0.39 is 35.9 Å². The van der Waals surface area contributed by atoms with Gasteiger partial charge in [0.1, 0.15) is 17.3 Å². The minimum Gasteiger partial charge on any atom is -0.478 e. The predicted octanol–water partition coefficient (Wildman–Crippen LogP) is 4.93. The molecule has 33 heavy (non-hydrogen) atoms. The van der Waals surface area contributed by atoms with Crippen LogP contribution in [0.4, 0.5) is 13.2 Å². The Labute approximate surface area is 190 Å². The number of alkyl halides is 1. The van der Waals surface area contributed by atoms with E-state index >= 15 is 8.78 Å². The van der Waals surface area contributed by atoms with E-state index in [1.165, 1.54) is 6.92 Å². The molecule has 2 aromatic rings. The van der Waals surface area contributed by atoms with Crippen molar-refractivity contribution in [1.82, 2.24) is 4.90 Å². The number of rotatable bonds is 6. The number of aliphatic hydroxyl groups excluding tert-OH is 1. The molecule has 3 atom stereocenters. The molecule has 2 aliphatic rings. The van der Waals surface area contributed by atoms with Crippen LogP contribution in [-0.4, -0.2) is 45.9 Å². The molecular formula is C26H26F3NO3. The first-order chi connectivity index (χ1) is 15.6. The van der Waals surface area contributed by atoms with Crippen molar-refractivity contribution in [1.29, 1.82) is 0 Å². The predicted molar refractivity (Wildman–Crippen MR) is 120 cm³/mol. The van der Waals surface area contributed by atoms with Crippen LogP contribution in [0, 0.1) is 11.6 Å². The van der Waals surface area contributed by atoms with E-state index in [1.807, 2.05) is 31.2 Å². The number of carbonyl (C=O) groups is 1. The Morgan fingerprint density at radius 2 is 1.91 bits per heavy atom. The molecule has 0 aromatic heterocycles. The van der Waals surface area contributed by atoms with Gasteiger partial charge in [-0.2, -0.15) is 0 Å². The number of halogens is 3. The second-order valence-corrected chi connectivity index (χ2v) is 9.11. The summed E-state index contributed by atoms with van der Waals surface area (Å²) in [5, 5.41) is 18.3. The summed E-state index contributed by atoms with van der Waals surface area (Å²) in [5.41, 5.74) is 1.91. The van der Waals surface area contributed by atoms with Gasteiger partial charge < -0.3 is 10.2 Å². The first-order valence-corrected chi connectivity index (χ1v) is 10.9. The number of aliphatic hydroxyl groups is 1. The Balaban J connectivity index is 1.86. The first-order valence-electron chi connectivity index (χ1n) is 10.9. The molecule has 0 saturated heterocycles. The lowest BCUT2D eigenvalue weighted by Gasteiger charge is -2.44. The average Bonchev–Trinajstić information content (AvgIpc) is 3.12. The highest BCUT2D eigenvalue weighted by Crippen LogP contribution is 2.50. The quantitative estimate of drug-likeness (QED) is 0.604. The lowest BCUT2D eigenvalue weighted by Crippen LogP contribution is -2.49. The number of fused-ring (bicyclic) bond motifs is 2. The van der Waals surface area contributed by atoms with Crippen LogP contribution in [0.5, 0.6) is 0 Å². The van der Waals surface area contributed by atoms with E-state index in [0.29, 0.717) is 12.8 Å². The van der Waals surface area contributed by atoms with E-state index in [-0.39, 0.29) is 23.7 Å². The first kappa shape index (κ1) is 23.3. The summed E-state index contributed by atoms with van der Waals surface area (Å²) in [6.07, 6.45) is 3.04. The smallest absolute Gasteiger partial charge is 0.328 e. The Morgan fingerprint density at radius 3 is 2.55 bits per heavy atom. The van der Waals surface area contributed by atoms with Gasteiger partial charge in [0, 0.05) is 24.2 Å². The van der Waals surface area contributed by atoms with Gasteiger partial charge in [-0.25, -0.2) is 18.0 Å². The van der Waals surface area contributed by atoms with Crippen molar-refractivity contribution in [2.24, 2.45) is 0 Å². The van der Waals surface area contributed by atoms with Crippen LogP contribution in [-0.2, 0) is 11.2 Å². The standard InChI is InChI=1S/C26H26F3NO3/c1-15-9-19-18-6-4-3-5-17(18)12-20(19)25(30(15)13-26(2,29)14-31)24-21(27)10-16(11-22(24)28)7-8-23(32)33/h3-8,10-11,15,25,31H,9,12-14H2,1-2H3,(H,32,33)/b8-7+/t15-,25+,26?/m1/s1. The number of nitrogens with zero attached hydrogens (tertiary/aromatic N) is 1. The fourth-order valence-electron chi connectivity index (χ4n) is 4.97. The molecule has 0 spiro atoms. The van der Waals surface area contributed by atoms with Crippen molar-refractivity contribution in [3.63, 3.8) is 0 Å². The van der Waals surface area contributed by atoms with E-state index in [9.17, 15) is 14.3 Å². The summed E-state index contributed by atoms with van der Waals surface area (Å²) in [4.78, 5) is 12.5. The third-order valence-corrected chi connectivity index (χ3v) is 6.47. The molecular weight excluding hydrogens is 431 g/mol. The summed E-state index contributed by atoms with van der Waals surface area (Å²) in [5.74, 6) is -2.87. The molecule has 2 aromatic carbocycles. The van der Waals surface area contributed by atoms with Crippen molar-refractivity contribution < 1.29 is 28.2 Å².